The SMILES string of the molecule is CC(C)Oc1ccc(C(=O)N(Cc2ccco2)Cc2ccc(C3CC3C)o2)cc1. The number of furan rings is 2. The first-order chi connectivity index (χ1) is 14.0. The molecule has 2 atom stereocenters. The minimum Gasteiger partial charge on any atom is -0.491 e. The van der Waals surface area contributed by atoms with E-state index < -0.39 is 0 Å². The zero-order chi connectivity index (χ0) is 20.4. The second-order valence-electron chi connectivity index (χ2n) is 8.06. The summed E-state index contributed by atoms with van der Waals surface area (Å²) in [6, 6.07) is 15.0. The highest BCUT2D eigenvalue weighted by Gasteiger charge is 2.36. The first-order valence-electron chi connectivity index (χ1n) is 10.2. The molecule has 5 nitrogen and oxygen atoms in total. The fourth-order valence-electron chi connectivity index (χ4n) is 3.51. The van der Waals surface area contributed by atoms with Gasteiger partial charge in [0, 0.05) is 11.5 Å². The van der Waals surface area contributed by atoms with Gasteiger partial charge in [-0.1, -0.05) is 6.92 Å². The van der Waals surface area contributed by atoms with E-state index in [1.165, 1.54) is 6.42 Å². The van der Waals surface area contributed by atoms with Crippen LogP contribution in [-0.4, -0.2) is 16.9 Å². The van der Waals surface area contributed by atoms with Crippen molar-refractivity contribution in [1.82, 2.24) is 4.90 Å². The van der Waals surface area contributed by atoms with Crippen LogP contribution in [0.1, 0.15) is 60.7 Å². The normalized spacial score (nSPS) is 18.1. The maximum absolute atomic E-state index is 13.2. The van der Waals surface area contributed by atoms with Gasteiger partial charge in [0.05, 0.1) is 25.5 Å². The zero-order valence-corrected chi connectivity index (χ0v) is 17.1. The van der Waals surface area contributed by atoms with Crippen LogP contribution in [0.2, 0.25) is 0 Å². The summed E-state index contributed by atoms with van der Waals surface area (Å²) in [5, 5.41) is 0. The molecule has 0 saturated heterocycles. The smallest absolute Gasteiger partial charge is 0.254 e. The summed E-state index contributed by atoms with van der Waals surface area (Å²) >= 11 is 0. The lowest BCUT2D eigenvalue weighted by atomic mass is 10.1. The van der Waals surface area contributed by atoms with Gasteiger partial charge in [-0.3, -0.25) is 4.79 Å². The Bertz CT molecular complexity index is 940. The van der Waals surface area contributed by atoms with Gasteiger partial charge in [0.25, 0.3) is 5.91 Å². The molecular formula is C24H27NO4. The Morgan fingerprint density at radius 1 is 1.10 bits per heavy atom. The van der Waals surface area contributed by atoms with Gasteiger partial charge in [-0.25, -0.2) is 0 Å². The molecule has 0 radical (unpaired) electrons. The Balaban J connectivity index is 1.51. The van der Waals surface area contributed by atoms with Crippen molar-refractivity contribution in [3.63, 3.8) is 0 Å². The lowest BCUT2D eigenvalue weighted by Gasteiger charge is -2.21. The van der Waals surface area contributed by atoms with Crippen molar-refractivity contribution >= 4 is 5.91 Å². The lowest BCUT2D eigenvalue weighted by molar-refractivity contribution is 0.0704. The van der Waals surface area contributed by atoms with Crippen molar-refractivity contribution in [3.05, 3.63) is 77.6 Å². The lowest BCUT2D eigenvalue weighted by Crippen LogP contribution is -2.29. The molecule has 4 rings (SSSR count). The second kappa shape index (κ2) is 8.19. The van der Waals surface area contributed by atoms with Gasteiger partial charge in [-0.05, 0) is 74.7 Å². The standard InChI is InChI=1S/C24H27NO4/c1-16(2)28-19-8-6-18(7-9-19)24(26)25(14-20-5-4-12-27-20)15-21-10-11-23(29-21)22-13-17(22)3/h4-12,16-17,22H,13-15H2,1-3H3. The van der Waals surface area contributed by atoms with Crippen molar-refractivity contribution in [2.45, 2.75) is 52.3 Å². The van der Waals surface area contributed by atoms with Crippen LogP contribution in [0.4, 0.5) is 0 Å². The number of rotatable bonds is 8. The number of benzene rings is 1. The first kappa shape index (κ1) is 19.4. The van der Waals surface area contributed by atoms with Crippen molar-refractivity contribution in [1.29, 1.82) is 0 Å². The maximum Gasteiger partial charge on any atom is 0.254 e. The molecule has 1 amide bonds. The molecule has 2 unspecified atom stereocenters. The van der Waals surface area contributed by atoms with Crippen molar-refractivity contribution in [2.75, 3.05) is 0 Å². The van der Waals surface area contributed by atoms with E-state index in [0.29, 0.717) is 30.5 Å². The van der Waals surface area contributed by atoms with Crippen LogP contribution >= 0.6 is 0 Å². The zero-order valence-electron chi connectivity index (χ0n) is 17.1. The summed E-state index contributed by atoms with van der Waals surface area (Å²) < 4.78 is 17.2. The van der Waals surface area contributed by atoms with Crippen LogP contribution < -0.4 is 4.74 Å². The Hall–Kier alpha value is -2.95. The van der Waals surface area contributed by atoms with E-state index in [2.05, 4.69) is 6.92 Å². The van der Waals surface area contributed by atoms with Gasteiger partial charge >= 0.3 is 0 Å². The Morgan fingerprint density at radius 2 is 1.83 bits per heavy atom. The van der Waals surface area contributed by atoms with Crippen LogP contribution in [0, 0.1) is 5.92 Å². The van der Waals surface area contributed by atoms with Gasteiger partial charge in [-0.2, -0.15) is 0 Å². The minimum absolute atomic E-state index is 0.0739. The monoisotopic (exact) mass is 393 g/mol. The van der Waals surface area contributed by atoms with Crippen molar-refractivity contribution in [2.24, 2.45) is 5.92 Å². The number of carbonyl (C=O) groups is 1. The molecule has 1 fully saturated rings. The molecule has 29 heavy (non-hydrogen) atoms. The summed E-state index contributed by atoms with van der Waals surface area (Å²) in [6.45, 7) is 6.96. The average molecular weight is 393 g/mol. The number of hydrogen-bond acceptors (Lipinski definition) is 4. The molecule has 0 N–H and O–H groups in total. The fourth-order valence-corrected chi connectivity index (χ4v) is 3.51. The third kappa shape index (κ3) is 4.73. The molecule has 152 valence electrons. The van der Waals surface area contributed by atoms with E-state index in [-0.39, 0.29) is 12.0 Å². The van der Waals surface area contributed by atoms with E-state index in [1.807, 2.05) is 50.2 Å². The Labute approximate surface area is 171 Å². The molecule has 0 aliphatic heterocycles. The molecular weight excluding hydrogens is 366 g/mol. The second-order valence-corrected chi connectivity index (χ2v) is 8.06. The highest BCUT2D eigenvalue weighted by molar-refractivity contribution is 5.94. The van der Waals surface area contributed by atoms with Gasteiger partial charge in [0.15, 0.2) is 0 Å². The average Bonchev–Trinajstić information content (AvgIpc) is 3.09. The predicted octanol–water partition coefficient (Wildman–Crippen LogP) is 5.63. The summed E-state index contributed by atoms with van der Waals surface area (Å²) in [4.78, 5) is 15.0. The summed E-state index contributed by atoms with van der Waals surface area (Å²) in [7, 11) is 0. The number of nitrogens with zero attached hydrogens (tertiary/aromatic N) is 1. The van der Waals surface area contributed by atoms with Crippen LogP contribution in [0.15, 0.2) is 63.6 Å². The molecule has 1 saturated carbocycles. The summed E-state index contributed by atoms with van der Waals surface area (Å²) in [6.07, 6.45) is 2.89. The summed E-state index contributed by atoms with van der Waals surface area (Å²) in [5.41, 5.74) is 0.607. The van der Waals surface area contributed by atoms with E-state index in [4.69, 9.17) is 13.6 Å². The van der Waals surface area contributed by atoms with E-state index in [9.17, 15) is 4.79 Å². The number of hydrogen-bond donors (Lipinski definition) is 0. The van der Waals surface area contributed by atoms with Crippen LogP contribution in [0.5, 0.6) is 5.75 Å². The Kier molecular flexibility index (Phi) is 5.47. The molecule has 1 aliphatic rings. The fraction of sp³-hybridized carbons (Fsp3) is 0.375. The molecule has 2 heterocycles. The van der Waals surface area contributed by atoms with E-state index in [0.717, 1.165) is 23.0 Å². The van der Waals surface area contributed by atoms with Gasteiger partial charge in [0.2, 0.25) is 0 Å². The molecule has 0 bridgehead atoms. The van der Waals surface area contributed by atoms with E-state index in [1.54, 1.807) is 23.3 Å². The molecule has 1 aliphatic carbocycles. The predicted molar refractivity (Wildman–Crippen MR) is 110 cm³/mol. The van der Waals surface area contributed by atoms with Gasteiger partial charge < -0.3 is 18.5 Å². The number of ether oxygens (including phenoxy) is 1. The molecule has 5 heteroatoms. The van der Waals surface area contributed by atoms with E-state index >= 15 is 0 Å². The topological polar surface area (TPSA) is 55.8 Å². The van der Waals surface area contributed by atoms with Crippen molar-refractivity contribution in [3.8, 4) is 5.75 Å². The number of carbonyl (C=O) groups excluding carboxylic acids is 1. The molecule has 0 spiro atoms. The highest BCUT2D eigenvalue weighted by Crippen LogP contribution is 2.47. The third-order valence-corrected chi connectivity index (χ3v) is 5.19. The molecule has 3 aromatic rings. The van der Waals surface area contributed by atoms with Crippen molar-refractivity contribution < 1.29 is 18.4 Å². The van der Waals surface area contributed by atoms with Crippen LogP contribution in [0.3, 0.4) is 0 Å². The van der Waals surface area contributed by atoms with Gasteiger partial charge in [0.1, 0.15) is 23.0 Å². The largest absolute Gasteiger partial charge is 0.491 e. The minimum atomic E-state index is -0.0739. The van der Waals surface area contributed by atoms with Crippen LogP contribution in [0.25, 0.3) is 0 Å². The highest BCUT2D eigenvalue weighted by atomic mass is 16.5. The van der Waals surface area contributed by atoms with Crippen LogP contribution in [-0.2, 0) is 13.1 Å². The quantitative estimate of drug-likeness (QED) is 0.498. The first-order valence-corrected chi connectivity index (χ1v) is 10.2. The van der Waals surface area contributed by atoms with Gasteiger partial charge in [-0.15, -0.1) is 0 Å². The Morgan fingerprint density at radius 3 is 2.45 bits per heavy atom. The molecule has 2 aromatic heterocycles. The summed E-state index contributed by atoms with van der Waals surface area (Å²) in [5.74, 6) is 4.43. The maximum atomic E-state index is 13.2. The molecule has 1 aromatic carbocycles. The number of amides is 1. The third-order valence-electron chi connectivity index (χ3n) is 5.19.